The molecule has 116 valence electrons. The van der Waals surface area contributed by atoms with Crippen LogP contribution in [-0.4, -0.2) is 38.1 Å². The molecule has 0 aliphatic rings. The van der Waals surface area contributed by atoms with E-state index in [4.69, 9.17) is 16.2 Å². The minimum absolute atomic E-state index is 0.0907. The highest BCUT2D eigenvalue weighted by molar-refractivity contribution is 7.19. The van der Waals surface area contributed by atoms with Crippen LogP contribution in [0.1, 0.15) is 27.0 Å². The van der Waals surface area contributed by atoms with Gasteiger partial charge in [-0.3, -0.25) is 9.59 Å². The Balaban J connectivity index is 2.93. The number of nitrogens with one attached hydrogen (secondary N) is 2. The maximum Gasteiger partial charge on any atom is 0.263 e. The number of anilines is 2. The molecule has 6 N–H and O–H groups in total. The van der Waals surface area contributed by atoms with Gasteiger partial charge < -0.3 is 26.8 Å². The lowest BCUT2D eigenvalue weighted by molar-refractivity contribution is 0.0962. The third kappa shape index (κ3) is 4.47. The van der Waals surface area contributed by atoms with Crippen molar-refractivity contribution in [1.29, 1.82) is 0 Å². The third-order valence-corrected chi connectivity index (χ3v) is 3.70. The molecule has 0 saturated heterocycles. The van der Waals surface area contributed by atoms with Gasteiger partial charge in [-0.15, -0.1) is 17.9 Å². The number of thiophene rings is 1. The Labute approximate surface area is 127 Å². The highest BCUT2D eigenvalue weighted by Gasteiger charge is 2.23. The van der Waals surface area contributed by atoms with Crippen molar-refractivity contribution in [3.05, 3.63) is 23.1 Å². The molecule has 0 fully saturated rings. The van der Waals surface area contributed by atoms with Gasteiger partial charge in [-0.1, -0.05) is 6.08 Å². The fourth-order valence-corrected chi connectivity index (χ4v) is 2.68. The molecule has 1 rings (SSSR count). The summed E-state index contributed by atoms with van der Waals surface area (Å²) in [5.74, 6) is -1.04. The summed E-state index contributed by atoms with van der Waals surface area (Å²) in [6.45, 7) is 7.29. The van der Waals surface area contributed by atoms with Crippen molar-refractivity contribution < 1.29 is 14.3 Å². The zero-order valence-electron chi connectivity index (χ0n) is 11.9. The van der Waals surface area contributed by atoms with Crippen LogP contribution < -0.4 is 22.1 Å². The number of ether oxygens (including phenoxy) is 1. The first-order valence-corrected chi connectivity index (χ1v) is 7.27. The molecule has 0 atom stereocenters. The molecule has 1 heterocycles. The van der Waals surface area contributed by atoms with E-state index in [1.165, 1.54) is 0 Å². The van der Waals surface area contributed by atoms with Crippen LogP contribution in [0, 0.1) is 0 Å². The first-order chi connectivity index (χ1) is 10.0. The third-order valence-electron chi connectivity index (χ3n) is 2.54. The average Bonchev–Trinajstić information content (AvgIpc) is 2.78. The molecule has 0 unspecified atom stereocenters. The monoisotopic (exact) mass is 312 g/mol. The molecular formula is C13H20N4O3S. The Morgan fingerprint density at radius 2 is 2.19 bits per heavy atom. The predicted octanol–water partition coefficient (Wildman–Crippen LogP) is 0.793. The quantitative estimate of drug-likeness (QED) is 0.397. The van der Waals surface area contributed by atoms with E-state index in [2.05, 4.69) is 17.2 Å². The number of rotatable bonds is 9. The van der Waals surface area contributed by atoms with Crippen LogP contribution in [0.3, 0.4) is 0 Å². The second-order valence-corrected chi connectivity index (χ2v) is 5.06. The Morgan fingerprint density at radius 1 is 1.48 bits per heavy atom. The number of hydrogen-bond acceptors (Lipinski definition) is 6. The summed E-state index contributed by atoms with van der Waals surface area (Å²) in [7, 11) is 0. The smallest absolute Gasteiger partial charge is 0.263 e. The molecule has 21 heavy (non-hydrogen) atoms. The van der Waals surface area contributed by atoms with Gasteiger partial charge in [0.2, 0.25) is 0 Å². The van der Waals surface area contributed by atoms with Crippen LogP contribution >= 0.6 is 11.3 Å². The Morgan fingerprint density at radius 3 is 2.76 bits per heavy atom. The van der Waals surface area contributed by atoms with E-state index in [0.717, 1.165) is 11.3 Å². The molecule has 7 nitrogen and oxygen atoms in total. The van der Waals surface area contributed by atoms with E-state index < -0.39 is 5.91 Å². The van der Waals surface area contributed by atoms with Crippen molar-refractivity contribution in [2.75, 3.05) is 37.4 Å². The van der Waals surface area contributed by atoms with Gasteiger partial charge in [0.1, 0.15) is 9.88 Å². The fourth-order valence-electron chi connectivity index (χ4n) is 1.61. The van der Waals surface area contributed by atoms with Crippen LogP contribution in [0.5, 0.6) is 0 Å². The molecule has 0 saturated carbocycles. The van der Waals surface area contributed by atoms with Gasteiger partial charge in [0.25, 0.3) is 11.8 Å². The molecular weight excluding hydrogens is 292 g/mol. The number of nitrogen functional groups attached to an aromatic ring is 1. The van der Waals surface area contributed by atoms with Gasteiger partial charge in [0, 0.05) is 19.7 Å². The van der Waals surface area contributed by atoms with E-state index >= 15 is 0 Å². The number of hydrogen-bond donors (Lipinski definition) is 4. The lowest BCUT2D eigenvalue weighted by Gasteiger charge is -2.05. The van der Waals surface area contributed by atoms with E-state index in [1.54, 1.807) is 6.08 Å². The Bertz CT molecular complexity index is 528. The van der Waals surface area contributed by atoms with E-state index in [0.29, 0.717) is 31.3 Å². The maximum absolute atomic E-state index is 12.0. The van der Waals surface area contributed by atoms with Crippen molar-refractivity contribution in [3.8, 4) is 0 Å². The molecule has 0 aliphatic carbocycles. The summed E-state index contributed by atoms with van der Waals surface area (Å²) in [5.41, 5.74) is 11.4. The Kier molecular flexibility index (Phi) is 6.70. The summed E-state index contributed by atoms with van der Waals surface area (Å²) in [4.78, 5) is 23.7. The fraction of sp³-hybridized carbons (Fsp3) is 0.385. The number of nitrogens with two attached hydrogens (primary N) is 2. The minimum Gasteiger partial charge on any atom is -0.397 e. The largest absolute Gasteiger partial charge is 0.397 e. The molecule has 2 amide bonds. The number of amides is 2. The summed E-state index contributed by atoms with van der Waals surface area (Å²) >= 11 is 1.09. The molecule has 0 radical (unpaired) electrons. The standard InChI is InChI=1S/C13H20N4O3S/c1-3-5-16-12(19)10-9(14)8(11(15)18)13(21-10)17-6-7-20-4-2/h3,17H,1,4-7,14H2,2H3,(H2,15,18)(H,16,19). The van der Waals surface area contributed by atoms with Crippen LogP contribution in [0.2, 0.25) is 0 Å². The van der Waals surface area contributed by atoms with Crippen molar-refractivity contribution in [2.45, 2.75) is 6.92 Å². The summed E-state index contributed by atoms with van der Waals surface area (Å²) in [6.07, 6.45) is 1.55. The molecule has 1 aromatic heterocycles. The first kappa shape index (κ1) is 17.0. The van der Waals surface area contributed by atoms with Gasteiger partial charge in [0.05, 0.1) is 17.9 Å². The predicted molar refractivity (Wildman–Crippen MR) is 84.8 cm³/mol. The van der Waals surface area contributed by atoms with E-state index in [-0.39, 0.29) is 22.0 Å². The lowest BCUT2D eigenvalue weighted by atomic mass is 10.2. The van der Waals surface area contributed by atoms with Gasteiger partial charge in [-0.2, -0.15) is 0 Å². The summed E-state index contributed by atoms with van der Waals surface area (Å²) in [6, 6.07) is 0. The zero-order chi connectivity index (χ0) is 15.8. The first-order valence-electron chi connectivity index (χ1n) is 6.45. The van der Waals surface area contributed by atoms with Crippen LogP contribution in [-0.2, 0) is 4.74 Å². The summed E-state index contributed by atoms with van der Waals surface area (Å²) < 4.78 is 5.20. The highest BCUT2D eigenvalue weighted by Crippen LogP contribution is 2.35. The topological polar surface area (TPSA) is 119 Å². The SMILES string of the molecule is C=CCNC(=O)c1sc(NCCOCC)c(C(N)=O)c1N. The van der Waals surface area contributed by atoms with Gasteiger partial charge in [-0.05, 0) is 6.92 Å². The van der Waals surface area contributed by atoms with Crippen molar-refractivity contribution in [1.82, 2.24) is 5.32 Å². The molecule has 8 heteroatoms. The molecule has 1 aromatic rings. The van der Waals surface area contributed by atoms with E-state index in [9.17, 15) is 9.59 Å². The van der Waals surface area contributed by atoms with Gasteiger partial charge in [0.15, 0.2) is 0 Å². The van der Waals surface area contributed by atoms with Crippen LogP contribution in [0.25, 0.3) is 0 Å². The summed E-state index contributed by atoms with van der Waals surface area (Å²) in [5, 5.41) is 6.10. The van der Waals surface area contributed by atoms with Crippen LogP contribution in [0.15, 0.2) is 12.7 Å². The van der Waals surface area contributed by atoms with Gasteiger partial charge >= 0.3 is 0 Å². The molecule has 0 bridgehead atoms. The number of carbonyl (C=O) groups excluding carboxylic acids is 2. The maximum atomic E-state index is 12.0. The Hall–Kier alpha value is -2.06. The number of carbonyl (C=O) groups is 2. The lowest BCUT2D eigenvalue weighted by Crippen LogP contribution is -2.23. The molecule has 0 spiro atoms. The van der Waals surface area contributed by atoms with Gasteiger partial charge in [-0.25, -0.2) is 0 Å². The second kappa shape index (κ2) is 8.28. The normalized spacial score (nSPS) is 10.1. The molecule has 0 aliphatic heterocycles. The molecule has 0 aromatic carbocycles. The highest BCUT2D eigenvalue weighted by atomic mass is 32.1. The van der Waals surface area contributed by atoms with Crippen molar-refractivity contribution >= 4 is 33.8 Å². The van der Waals surface area contributed by atoms with Crippen molar-refractivity contribution in [3.63, 3.8) is 0 Å². The minimum atomic E-state index is -0.676. The van der Waals surface area contributed by atoms with Crippen molar-refractivity contribution in [2.24, 2.45) is 5.73 Å². The number of primary amides is 1. The van der Waals surface area contributed by atoms with E-state index in [1.807, 2.05) is 6.92 Å². The average molecular weight is 312 g/mol. The second-order valence-electron chi connectivity index (χ2n) is 4.04. The zero-order valence-corrected chi connectivity index (χ0v) is 12.7. The van der Waals surface area contributed by atoms with Crippen LogP contribution in [0.4, 0.5) is 10.7 Å².